The van der Waals surface area contributed by atoms with Crippen molar-refractivity contribution in [1.82, 2.24) is 19.8 Å². The van der Waals surface area contributed by atoms with Crippen molar-refractivity contribution >= 4 is 46.0 Å². The van der Waals surface area contributed by atoms with Crippen LogP contribution in [-0.2, 0) is 0 Å². The highest BCUT2D eigenvalue weighted by Gasteiger charge is 2.12. The molecule has 3 heterocycles. The van der Waals surface area contributed by atoms with E-state index in [1.165, 1.54) is 0 Å². The smallest absolute Gasteiger partial charge is 0.186 e. The van der Waals surface area contributed by atoms with Crippen LogP contribution >= 0.6 is 34.5 Å². The van der Waals surface area contributed by atoms with E-state index >= 15 is 0 Å². The van der Waals surface area contributed by atoms with Gasteiger partial charge in [-0.3, -0.25) is 0 Å². The molecule has 1 atom stereocenters. The molecule has 1 aromatic carbocycles. The number of rotatable bonds is 7. The molecule has 0 saturated carbocycles. The first-order valence-corrected chi connectivity index (χ1v) is 10.1. The second-order valence-electron chi connectivity index (χ2n) is 5.92. The fourth-order valence-corrected chi connectivity index (χ4v) is 3.50. The summed E-state index contributed by atoms with van der Waals surface area (Å²) in [5, 5.41) is 30.8. The number of aromatic nitrogens is 4. The van der Waals surface area contributed by atoms with Gasteiger partial charge in [-0.2, -0.15) is 15.9 Å². The van der Waals surface area contributed by atoms with Gasteiger partial charge in [0.1, 0.15) is 29.3 Å². The first-order chi connectivity index (χ1) is 13.6. The van der Waals surface area contributed by atoms with Gasteiger partial charge in [0.15, 0.2) is 11.5 Å². The van der Waals surface area contributed by atoms with Crippen LogP contribution in [0.1, 0.15) is 0 Å². The molecule has 0 bridgehead atoms. The minimum atomic E-state index is -0.773. The van der Waals surface area contributed by atoms with Gasteiger partial charge in [0, 0.05) is 17.5 Å². The summed E-state index contributed by atoms with van der Waals surface area (Å²) < 4.78 is 7.21. The number of hydrogen-bond donors (Lipinski definition) is 2. The summed E-state index contributed by atoms with van der Waals surface area (Å²) in [6.45, 7) is 0.300. The largest absolute Gasteiger partial charge is 0.489 e. The Labute approximate surface area is 174 Å². The van der Waals surface area contributed by atoms with Gasteiger partial charge in [-0.15, -0.1) is 15.3 Å². The number of aliphatic hydroxyl groups is 1. The summed E-state index contributed by atoms with van der Waals surface area (Å²) in [4.78, 5) is 0. The zero-order chi connectivity index (χ0) is 19.5. The highest BCUT2D eigenvalue weighted by molar-refractivity contribution is 7.08. The number of aliphatic hydroxyl groups excluding tert-OH is 1. The third kappa shape index (κ3) is 4.05. The fourth-order valence-electron chi connectivity index (χ4n) is 2.52. The van der Waals surface area contributed by atoms with Gasteiger partial charge in [-0.1, -0.05) is 29.3 Å². The molecule has 1 unspecified atom stereocenters. The van der Waals surface area contributed by atoms with E-state index in [1.807, 2.05) is 22.9 Å². The first kappa shape index (κ1) is 18.9. The molecule has 4 aromatic rings. The molecule has 144 valence electrons. The maximum Gasteiger partial charge on any atom is 0.186 e. The molecule has 10 heteroatoms. The summed E-state index contributed by atoms with van der Waals surface area (Å²) in [7, 11) is 0. The van der Waals surface area contributed by atoms with E-state index in [-0.39, 0.29) is 13.2 Å². The Morgan fingerprint density at radius 3 is 2.89 bits per heavy atom. The standard InChI is InChI=1S/C18H15Cl2N5O2S/c19-13-2-1-3-14(17(13)20)27-9-12(26)8-21-15-4-5-16-22-23-18(25(16)24-15)11-6-7-28-10-11/h1-7,10,12,26H,8-9H2,(H,21,24). The molecule has 0 radical (unpaired) electrons. The van der Waals surface area contributed by atoms with E-state index in [1.54, 1.807) is 40.1 Å². The Morgan fingerprint density at radius 2 is 2.07 bits per heavy atom. The summed E-state index contributed by atoms with van der Waals surface area (Å²) in [6.07, 6.45) is -0.773. The highest BCUT2D eigenvalue weighted by atomic mass is 35.5. The van der Waals surface area contributed by atoms with Gasteiger partial charge >= 0.3 is 0 Å². The van der Waals surface area contributed by atoms with Gasteiger partial charge in [-0.25, -0.2) is 0 Å². The van der Waals surface area contributed by atoms with Crippen molar-refractivity contribution in [3.8, 4) is 17.1 Å². The lowest BCUT2D eigenvalue weighted by Gasteiger charge is -2.14. The van der Waals surface area contributed by atoms with Gasteiger partial charge in [0.05, 0.1) is 5.02 Å². The summed E-state index contributed by atoms with van der Waals surface area (Å²) in [6, 6.07) is 10.7. The van der Waals surface area contributed by atoms with E-state index in [0.717, 1.165) is 5.56 Å². The number of nitrogens with one attached hydrogen (secondary N) is 1. The van der Waals surface area contributed by atoms with Gasteiger partial charge < -0.3 is 15.2 Å². The predicted molar refractivity (Wildman–Crippen MR) is 111 cm³/mol. The Morgan fingerprint density at radius 1 is 1.18 bits per heavy atom. The van der Waals surface area contributed by atoms with E-state index in [4.69, 9.17) is 27.9 Å². The van der Waals surface area contributed by atoms with Crippen LogP contribution in [0.3, 0.4) is 0 Å². The van der Waals surface area contributed by atoms with Crippen LogP contribution in [0.4, 0.5) is 5.82 Å². The predicted octanol–water partition coefficient (Wildman–Crippen LogP) is 4.01. The van der Waals surface area contributed by atoms with Crippen LogP contribution in [0.2, 0.25) is 10.0 Å². The molecular weight excluding hydrogens is 421 g/mol. The van der Waals surface area contributed by atoms with Crippen molar-refractivity contribution in [1.29, 1.82) is 0 Å². The van der Waals surface area contributed by atoms with Crippen LogP contribution in [0.25, 0.3) is 17.0 Å². The van der Waals surface area contributed by atoms with Crippen LogP contribution in [0.5, 0.6) is 5.75 Å². The van der Waals surface area contributed by atoms with E-state index in [9.17, 15) is 5.11 Å². The fraction of sp³-hybridized carbons (Fsp3) is 0.167. The third-order valence-electron chi connectivity index (χ3n) is 3.91. The molecule has 0 fully saturated rings. The Bertz CT molecular complexity index is 1090. The number of ether oxygens (including phenoxy) is 1. The third-order valence-corrected chi connectivity index (χ3v) is 5.39. The number of halogens is 2. The van der Waals surface area contributed by atoms with Crippen LogP contribution < -0.4 is 10.1 Å². The molecule has 0 saturated heterocycles. The molecule has 2 N–H and O–H groups in total. The van der Waals surface area contributed by atoms with E-state index < -0.39 is 6.10 Å². The topological polar surface area (TPSA) is 84.6 Å². The number of thiophene rings is 1. The highest BCUT2D eigenvalue weighted by Crippen LogP contribution is 2.31. The number of benzene rings is 1. The Balaban J connectivity index is 1.39. The normalized spacial score (nSPS) is 12.2. The molecule has 0 aliphatic rings. The first-order valence-electron chi connectivity index (χ1n) is 8.35. The molecule has 0 amide bonds. The lowest BCUT2D eigenvalue weighted by molar-refractivity contribution is 0.117. The molecule has 28 heavy (non-hydrogen) atoms. The molecule has 7 nitrogen and oxygen atoms in total. The Kier molecular flexibility index (Phi) is 5.63. The van der Waals surface area contributed by atoms with Gasteiger partial charge in [-0.05, 0) is 35.7 Å². The number of fused-ring (bicyclic) bond motifs is 1. The summed E-state index contributed by atoms with van der Waals surface area (Å²) >= 11 is 13.6. The van der Waals surface area contributed by atoms with Crippen molar-refractivity contribution in [2.45, 2.75) is 6.10 Å². The lowest BCUT2D eigenvalue weighted by atomic mass is 10.3. The zero-order valence-electron chi connectivity index (χ0n) is 14.4. The monoisotopic (exact) mass is 435 g/mol. The summed E-state index contributed by atoms with van der Waals surface area (Å²) in [5.74, 6) is 1.68. The van der Waals surface area contributed by atoms with Crippen molar-refractivity contribution in [2.75, 3.05) is 18.5 Å². The molecule has 3 aromatic heterocycles. The molecule has 4 rings (SSSR count). The zero-order valence-corrected chi connectivity index (χ0v) is 16.7. The molecule has 0 aliphatic heterocycles. The Hall–Kier alpha value is -2.39. The minimum absolute atomic E-state index is 0.0576. The van der Waals surface area contributed by atoms with Crippen molar-refractivity contribution in [3.63, 3.8) is 0 Å². The summed E-state index contributed by atoms with van der Waals surface area (Å²) in [5.41, 5.74) is 1.60. The van der Waals surface area contributed by atoms with Gasteiger partial charge in [0.25, 0.3) is 0 Å². The number of hydrogen-bond acceptors (Lipinski definition) is 7. The van der Waals surface area contributed by atoms with Gasteiger partial charge in [0.2, 0.25) is 0 Å². The molecular formula is C18H15Cl2N5O2S. The number of nitrogens with zero attached hydrogens (tertiary/aromatic N) is 4. The van der Waals surface area contributed by atoms with Crippen LogP contribution in [0, 0.1) is 0 Å². The van der Waals surface area contributed by atoms with Crippen molar-refractivity contribution in [3.05, 3.63) is 57.2 Å². The quantitative estimate of drug-likeness (QED) is 0.456. The lowest BCUT2D eigenvalue weighted by Crippen LogP contribution is -2.26. The van der Waals surface area contributed by atoms with Crippen LogP contribution in [-0.4, -0.2) is 44.2 Å². The van der Waals surface area contributed by atoms with E-state index in [0.29, 0.717) is 33.1 Å². The average molecular weight is 436 g/mol. The molecule has 0 spiro atoms. The van der Waals surface area contributed by atoms with Crippen molar-refractivity contribution in [2.24, 2.45) is 0 Å². The van der Waals surface area contributed by atoms with Crippen molar-refractivity contribution < 1.29 is 9.84 Å². The molecule has 0 aliphatic carbocycles. The maximum absolute atomic E-state index is 10.2. The minimum Gasteiger partial charge on any atom is -0.489 e. The number of anilines is 1. The van der Waals surface area contributed by atoms with Crippen LogP contribution in [0.15, 0.2) is 47.2 Å². The second-order valence-corrected chi connectivity index (χ2v) is 7.49. The second kappa shape index (κ2) is 8.32. The average Bonchev–Trinajstić information content (AvgIpc) is 3.36. The van der Waals surface area contributed by atoms with E-state index in [2.05, 4.69) is 20.6 Å². The SMILES string of the molecule is OC(CNc1ccc2nnc(-c3ccsc3)n2n1)COc1cccc(Cl)c1Cl. The maximum atomic E-state index is 10.2.